The Hall–Kier alpha value is -1.30. The highest BCUT2D eigenvalue weighted by atomic mass is 16.6. The lowest BCUT2D eigenvalue weighted by atomic mass is 9.83. The Morgan fingerprint density at radius 1 is 1.17 bits per heavy atom. The summed E-state index contributed by atoms with van der Waals surface area (Å²) >= 11 is 0. The highest BCUT2D eigenvalue weighted by molar-refractivity contribution is 5.86. The van der Waals surface area contributed by atoms with Gasteiger partial charge in [-0.3, -0.25) is 4.79 Å². The summed E-state index contributed by atoms with van der Waals surface area (Å²) in [6, 6.07) is -0.670. The van der Waals surface area contributed by atoms with Crippen molar-refractivity contribution in [1.29, 1.82) is 0 Å². The number of nitrogens with one attached hydrogen (secondary N) is 1. The number of amides is 2. The number of rotatable bonds is 4. The van der Waals surface area contributed by atoms with Crippen molar-refractivity contribution in [3.8, 4) is 0 Å². The number of likely N-dealkylation sites (tertiary alicyclic amines) is 1. The van der Waals surface area contributed by atoms with Gasteiger partial charge in [-0.2, -0.15) is 0 Å². The lowest BCUT2D eigenvalue weighted by molar-refractivity contribution is -0.136. The van der Waals surface area contributed by atoms with Crippen molar-refractivity contribution < 1.29 is 19.4 Å². The lowest BCUT2D eigenvalue weighted by Crippen LogP contribution is -2.55. The largest absolute Gasteiger partial charge is 0.444 e. The SMILES string of the molecule is CC(C)(C)OC(=O)N[C@H](C(=O)N1CCC[C@H]1CO)C1CCCCC1. The zero-order valence-corrected chi connectivity index (χ0v) is 15.2. The molecule has 24 heavy (non-hydrogen) atoms. The molecular formula is C18H32N2O4. The van der Waals surface area contributed by atoms with E-state index in [0.717, 1.165) is 38.5 Å². The molecule has 0 aromatic rings. The molecule has 0 radical (unpaired) electrons. The fraction of sp³-hybridized carbons (Fsp3) is 0.889. The van der Waals surface area contributed by atoms with Crippen LogP contribution < -0.4 is 5.32 Å². The van der Waals surface area contributed by atoms with Crippen molar-refractivity contribution >= 4 is 12.0 Å². The van der Waals surface area contributed by atoms with Gasteiger partial charge in [0.1, 0.15) is 11.6 Å². The molecule has 2 atom stereocenters. The van der Waals surface area contributed by atoms with Crippen molar-refractivity contribution in [3.05, 3.63) is 0 Å². The average Bonchev–Trinajstić information content (AvgIpc) is 2.99. The molecule has 6 nitrogen and oxygen atoms in total. The van der Waals surface area contributed by atoms with Gasteiger partial charge in [0.2, 0.25) is 5.91 Å². The Morgan fingerprint density at radius 3 is 2.42 bits per heavy atom. The molecule has 0 aromatic carbocycles. The predicted octanol–water partition coefficient (Wildman–Crippen LogP) is 2.44. The van der Waals surface area contributed by atoms with Crippen molar-refractivity contribution in [1.82, 2.24) is 10.2 Å². The smallest absolute Gasteiger partial charge is 0.408 e. The summed E-state index contributed by atoms with van der Waals surface area (Å²) in [6.45, 7) is 6.07. The first-order chi connectivity index (χ1) is 11.3. The third-order valence-corrected chi connectivity index (χ3v) is 4.93. The summed E-state index contributed by atoms with van der Waals surface area (Å²) < 4.78 is 5.35. The first kappa shape index (κ1) is 19.0. The molecule has 1 heterocycles. The van der Waals surface area contributed by atoms with E-state index in [1.165, 1.54) is 6.42 Å². The Balaban J connectivity index is 2.09. The van der Waals surface area contributed by atoms with Crippen LogP contribution in [-0.2, 0) is 9.53 Å². The van der Waals surface area contributed by atoms with Crippen LogP contribution in [0.2, 0.25) is 0 Å². The second kappa shape index (κ2) is 8.19. The van der Waals surface area contributed by atoms with Crippen LogP contribution in [0.1, 0.15) is 65.7 Å². The van der Waals surface area contributed by atoms with E-state index in [1.807, 2.05) is 20.8 Å². The molecule has 1 aliphatic carbocycles. The number of hydrogen-bond donors (Lipinski definition) is 2. The topological polar surface area (TPSA) is 78.9 Å². The van der Waals surface area contributed by atoms with Crippen LogP contribution >= 0.6 is 0 Å². The number of hydrogen-bond acceptors (Lipinski definition) is 4. The van der Waals surface area contributed by atoms with Gasteiger partial charge in [0, 0.05) is 6.54 Å². The number of alkyl carbamates (subject to hydrolysis) is 1. The minimum atomic E-state index is -0.592. The first-order valence-electron chi connectivity index (χ1n) is 9.22. The second-order valence-corrected chi connectivity index (χ2v) is 8.03. The Kier molecular flexibility index (Phi) is 6.49. The van der Waals surface area contributed by atoms with Crippen molar-refractivity contribution in [2.24, 2.45) is 5.92 Å². The average molecular weight is 340 g/mol. The molecule has 6 heteroatoms. The molecular weight excluding hydrogens is 308 g/mol. The monoisotopic (exact) mass is 340 g/mol. The minimum Gasteiger partial charge on any atom is -0.444 e. The number of aliphatic hydroxyl groups excluding tert-OH is 1. The third-order valence-electron chi connectivity index (χ3n) is 4.93. The van der Waals surface area contributed by atoms with Gasteiger partial charge in [0.15, 0.2) is 0 Å². The quantitative estimate of drug-likeness (QED) is 0.824. The van der Waals surface area contributed by atoms with Crippen LogP contribution in [0, 0.1) is 5.92 Å². The van der Waals surface area contributed by atoms with Crippen molar-refractivity contribution in [2.75, 3.05) is 13.2 Å². The van der Waals surface area contributed by atoms with Crippen molar-refractivity contribution in [3.63, 3.8) is 0 Å². The van der Waals surface area contributed by atoms with Crippen LogP contribution in [0.25, 0.3) is 0 Å². The number of nitrogens with zero attached hydrogens (tertiary/aromatic N) is 1. The predicted molar refractivity (Wildman–Crippen MR) is 91.6 cm³/mol. The van der Waals surface area contributed by atoms with Gasteiger partial charge in [0.05, 0.1) is 12.6 Å². The maximum absolute atomic E-state index is 13.1. The van der Waals surface area contributed by atoms with Crippen LogP contribution in [0.15, 0.2) is 0 Å². The molecule has 2 amide bonds. The van der Waals surface area contributed by atoms with E-state index >= 15 is 0 Å². The molecule has 1 aliphatic heterocycles. The number of carbonyl (C=O) groups is 2. The molecule has 2 aliphatic rings. The zero-order chi connectivity index (χ0) is 17.7. The molecule has 2 N–H and O–H groups in total. The van der Waals surface area contributed by atoms with Crippen molar-refractivity contribution in [2.45, 2.75) is 83.4 Å². The fourth-order valence-corrected chi connectivity index (χ4v) is 3.78. The molecule has 1 saturated carbocycles. The molecule has 2 rings (SSSR count). The molecule has 138 valence electrons. The third kappa shape index (κ3) is 5.10. The van der Waals surface area contributed by atoms with Gasteiger partial charge in [0.25, 0.3) is 0 Å². The van der Waals surface area contributed by atoms with Gasteiger partial charge >= 0.3 is 6.09 Å². The molecule has 0 aromatic heterocycles. The lowest BCUT2D eigenvalue weighted by Gasteiger charge is -2.35. The van der Waals surface area contributed by atoms with E-state index in [4.69, 9.17) is 4.74 Å². The minimum absolute atomic E-state index is 0.0183. The summed E-state index contributed by atoms with van der Waals surface area (Å²) in [5, 5.41) is 12.3. The number of carbonyl (C=O) groups excluding carboxylic acids is 2. The molecule has 0 spiro atoms. The van der Waals surface area contributed by atoms with Crippen LogP contribution in [-0.4, -0.2) is 52.8 Å². The van der Waals surface area contributed by atoms with E-state index < -0.39 is 17.7 Å². The maximum Gasteiger partial charge on any atom is 0.408 e. The standard InChI is InChI=1S/C18H32N2O4/c1-18(2,3)24-17(23)19-15(13-8-5-4-6-9-13)16(22)20-11-7-10-14(20)12-21/h13-15,21H,4-12H2,1-3H3,(H,19,23)/t14-,15-/m0/s1. The van der Waals surface area contributed by atoms with E-state index in [0.29, 0.717) is 6.54 Å². The Bertz CT molecular complexity index is 441. The zero-order valence-electron chi connectivity index (χ0n) is 15.2. The molecule has 1 saturated heterocycles. The van der Waals surface area contributed by atoms with Crippen LogP contribution in [0.5, 0.6) is 0 Å². The van der Waals surface area contributed by atoms with E-state index in [9.17, 15) is 14.7 Å². The van der Waals surface area contributed by atoms with Gasteiger partial charge in [-0.15, -0.1) is 0 Å². The van der Waals surface area contributed by atoms with E-state index in [-0.39, 0.29) is 24.5 Å². The summed E-state index contributed by atoms with van der Waals surface area (Å²) in [5.41, 5.74) is -0.592. The summed E-state index contributed by atoms with van der Waals surface area (Å²) in [7, 11) is 0. The van der Waals surface area contributed by atoms with E-state index in [2.05, 4.69) is 5.32 Å². The Labute approximate surface area is 144 Å². The molecule has 2 fully saturated rings. The van der Waals surface area contributed by atoms with Crippen LogP contribution in [0.4, 0.5) is 4.79 Å². The molecule has 0 bridgehead atoms. The summed E-state index contributed by atoms with van der Waals surface area (Å²) in [4.78, 5) is 27.0. The maximum atomic E-state index is 13.1. The van der Waals surface area contributed by atoms with Gasteiger partial charge in [-0.25, -0.2) is 4.79 Å². The highest BCUT2D eigenvalue weighted by Crippen LogP contribution is 2.29. The normalized spacial score (nSPS) is 23.8. The first-order valence-corrected chi connectivity index (χ1v) is 9.22. The van der Waals surface area contributed by atoms with Gasteiger partial charge in [-0.1, -0.05) is 19.3 Å². The fourth-order valence-electron chi connectivity index (χ4n) is 3.78. The van der Waals surface area contributed by atoms with Crippen LogP contribution in [0.3, 0.4) is 0 Å². The summed E-state index contributed by atoms with van der Waals surface area (Å²) in [5.74, 6) is 0.0861. The van der Waals surface area contributed by atoms with Gasteiger partial charge in [-0.05, 0) is 52.4 Å². The van der Waals surface area contributed by atoms with E-state index in [1.54, 1.807) is 4.90 Å². The van der Waals surface area contributed by atoms with Gasteiger partial charge < -0.3 is 20.1 Å². The second-order valence-electron chi connectivity index (χ2n) is 8.03. The molecule has 0 unspecified atom stereocenters. The number of aliphatic hydroxyl groups is 1. The summed E-state index contributed by atoms with van der Waals surface area (Å²) in [6.07, 6.45) is 6.46. The Morgan fingerprint density at radius 2 is 1.83 bits per heavy atom. The number of ether oxygens (including phenoxy) is 1. The highest BCUT2D eigenvalue weighted by Gasteiger charge is 2.38.